The predicted molar refractivity (Wildman–Crippen MR) is 65.6 cm³/mol. The summed E-state index contributed by atoms with van der Waals surface area (Å²) in [4.78, 5) is 4.20. The molecule has 0 atom stereocenters. The van der Waals surface area contributed by atoms with Gasteiger partial charge in [0.05, 0.1) is 11.9 Å². The van der Waals surface area contributed by atoms with Crippen molar-refractivity contribution in [1.82, 2.24) is 15.2 Å². The third kappa shape index (κ3) is 2.64. The predicted octanol–water partition coefficient (Wildman–Crippen LogP) is 1.79. The maximum atomic E-state index is 11.8. The van der Waals surface area contributed by atoms with Crippen molar-refractivity contribution in [3.8, 4) is 0 Å². The SMILES string of the molecule is CC(C)c1csc(NS(=O)(=O)c2ccn[nH]2)n1. The Hall–Kier alpha value is -1.41. The molecule has 2 rings (SSSR count). The number of aromatic amines is 1. The van der Waals surface area contributed by atoms with Crippen molar-refractivity contribution in [3.05, 3.63) is 23.3 Å². The molecule has 0 spiro atoms. The van der Waals surface area contributed by atoms with Crippen molar-refractivity contribution in [3.63, 3.8) is 0 Å². The monoisotopic (exact) mass is 272 g/mol. The highest BCUT2D eigenvalue weighted by atomic mass is 32.2. The van der Waals surface area contributed by atoms with Crippen LogP contribution >= 0.6 is 11.3 Å². The standard InChI is InChI=1S/C9H12N4O2S2/c1-6(2)7-5-16-9(11-7)13-17(14,15)8-3-4-10-12-8/h3-6H,1-2H3,(H,10,12)(H,11,13). The van der Waals surface area contributed by atoms with E-state index < -0.39 is 10.0 Å². The zero-order valence-corrected chi connectivity index (χ0v) is 11.0. The van der Waals surface area contributed by atoms with E-state index in [1.54, 1.807) is 0 Å². The van der Waals surface area contributed by atoms with Gasteiger partial charge < -0.3 is 0 Å². The minimum atomic E-state index is -3.60. The Labute approximate surface area is 103 Å². The second-order valence-electron chi connectivity index (χ2n) is 3.76. The average Bonchev–Trinajstić information content (AvgIpc) is 2.85. The first-order chi connectivity index (χ1) is 7.99. The zero-order valence-electron chi connectivity index (χ0n) is 9.34. The average molecular weight is 272 g/mol. The molecule has 0 fully saturated rings. The van der Waals surface area contributed by atoms with E-state index in [9.17, 15) is 8.42 Å². The van der Waals surface area contributed by atoms with Gasteiger partial charge in [0.1, 0.15) is 0 Å². The smallest absolute Gasteiger partial charge is 0.266 e. The molecule has 0 saturated carbocycles. The first kappa shape index (κ1) is 12.1. The van der Waals surface area contributed by atoms with Gasteiger partial charge in [0.15, 0.2) is 10.2 Å². The van der Waals surface area contributed by atoms with Gasteiger partial charge in [0.2, 0.25) is 0 Å². The van der Waals surface area contributed by atoms with Gasteiger partial charge in [-0.2, -0.15) is 13.5 Å². The number of rotatable bonds is 4. The zero-order chi connectivity index (χ0) is 12.5. The topological polar surface area (TPSA) is 87.7 Å². The van der Waals surface area contributed by atoms with Crippen molar-refractivity contribution < 1.29 is 8.42 Å². The summed E-state index contributed by atoms with van der Waals surface area (Å²) in [7, 11) is -3.60. The third-order valence-electron chi connectivity index (χ3n) is 2.10. The lowest BCUT2D eigenvalue weighted by Gasteiger charge is -2.02. The molecule has 92 valence electrons. The summed E-state index contributed by atoms with van der Waals surface area (Å²) in [6.45, 7) is 4.00. The summed E-state index contributed by atoms with van der Waals surface area (Å²) in [5, 5.41) is 8.24. The van der Waals surface area contributed by atoms with E-state index >= 15 is 0 Å². The van der Waals surface area contributed by atoms with Crippen molar-refractivity contribution in [2.45, 2.75) is 24.8 Å². The van der Waals surface area contributed by atoms with Crippen molar-refractivity contribution in [2.75, 3.05) is 4.72 Å². The molecule has 2 N–H and O–H groups in total. The number of H-pyrrole nitrogens is 1. The lowest BCUT2D eigenvalue weighted by Crippen LogP contribution is -2.13. The second-order valence-corrected chi connectivity index (χ2v) is 6.27. The quantitative estimate of drug-likeness (QED) is 0.888. The number of aromatic nitrogens is 3. The molecule has 0 aliphatic rings. The molecule has 6 nitrogen and oxygen atoms in total. The van der Waals surface area contributed by atoms with E-state index in [1.165, 1.54) is 23.6 Å². The number of nitrogens with one attached hydrogen (secondary N) is 2. The van der Waals surface area contributed by atoms with Crippen LogP contribution in [0.2, 0.25) is 0 Å². The second kappa shape index (κ2) is 4.46. The molecule has 0 bridgehead atoms. The van der Waals surface area contributed by atoms with Crippen LogP contribution in [0, 0.1) is 0 Å². The summed E-state index contributed by atoms with van der Waals surface area (Å²) in [5.41, 5.74) is 0.873. The van der Waals surface area contributed by atoms with Crippen LogP contribution in [0.1, 0.15) is 25.5 Å². The lowest BCUT2D eigenvalue weighted by molar-refractivity contribution is 0.597. The first-order valence-corrected chi connectivity index (χ1v) is 7.33. The Morgan fingerprint density at radius 1 is 1.47 bits per heavy atom. The van der Waals surface area contributed by atoms with Gasteiger partial charge in [-0.05, 0) is 12.0 Å². The van der Waals surface area contributed by atoms with Crippen molar-refractivity contribution in [1.29, 1.82) is 0 Å². The van der Waals surface area contributed by atoms with Crippen LogP contribution in [0.25, 0.3) is 0 Å². The molecule has 0 unspecified atom stereocenters. The van der Waals surface area contributed by atoms with Crippen LogP contribution in [0.5, 0.6) is 0 Å². The van der Waals surface area contributed by atoms with Crippen molar-refractivity contribution >= 4 is 26.5 Å². The largest absolute Gasteiger partial charge is 0.280 e. The van der Waals surface area contributed by atoms with Crippen LogP contribution in [0.3, 0.4) is 0 Å². The van der Waals surface area contributed by atoms with Crippen LogP contribution in [-0.2, 0) is 10.0 Å². The first-order valence-electron chi connectivity index (χ1n) is 4.96. The molecule has 0 amide bonds. The minimum Gasteiger partial charge on any atom is -0.266 e. The number of anilines is 1. The lowest BCUT2D eigenvalue weighted by atomic mass is 10.2. The Balaban J connectivity index is 2.21. The third-order valence-corrected chi connectivity index (χ3v) is 4.27. The van der Waals surface area contributed by atoms with Gasteiger partial charge >= 0.3 is 0 Å². The summed E-state index contributed by atoms with van der Waals surface area (Å²) in [6.07, 6.45) is 1.38. The van der Waals surface area contributed by atoms with E-state index in [1.807, 2.05) is 19.2 Å². The van der Waals surface area contributed by atoms with E-state index in [-0.39, 0.29) is 10.9 Å². The van der Waals surface area contributed by atoms with Gasteiger partial charge in [-0.1, -0.05) is 13.8 Å². The molecule has 2 aromatic heterocycles. The molecule has 2 aromatic rings. The molecule has 8 heteroatoms. The Morgan fingerprint density at radius 3 is 2.76 bits per heavy atom. The maximum absolute atomic E-state index is 11.8. The van der Waals surface area contributed by atoms with Gasteiger partial charge in [-0.3, -0.25) is 9.82 Å². The fraction of sp³-hybridized carbons (Fsp3) is 0.333. The number of nitrogens with zero attached hydrogens (tertiary/aromatic N) is 2. The molecule has 2 heterocycles. The van der Waals surface area contributed by atoms with E-state index in [4.69, 9.17) is 0 Å². The summed E-state index contributed by atoms with van der Waals surface area (Å²) in [6, 6.07) is 1.39. The summed E-state index contributed by atoms with van der Waals surface area (Å²) in [5.74, 6) is 0.275. The molecular formula is C9H12N4O2S2. The molecule has 0 aliphatic heterocycles. The highest BCUT2D eigenvalue weighted by Gasteiger charge is 2.17. The van der Waals surface area contributed by atoms with E-state index in [0.717, 1.165) is 5.69 Å². The number of sulfonamides is 1. The van der Waals surface area contributed by atoms with E-state index in [0.29, 0.717) is 5.13 Å². The number of hydrogen-bond donors (Lipinski definition) is 2. The Kier molecular flexibility index (Phi) is 3.16. The molecule has 0 aliphatic carbocycles. The number of hydrogen-bond acceptors (Lipinski definition) is 5. The van der Waals surface area contributed by atoms with Gasteiger partial charge in [-0.15, -0.1) is 11.3 Å². The van der Waals surface area contributed by atoms with Crippen LogP contribution in [-0.4, -0.2) is 23.6 Å². The Morgan fingerprint density at radius 2 is 2.24 bits per heavy atom. The van der Waals surface area contributed by atoms with Gasteiger partial charge in [0, 0.05) is 5.38 Å². The van der Waals surface area contributed by atoms with Crippen LogP contribution in [0.4, 0.5) is 5.13 Å². The fourth-order valence-electron chi connectivity index (χ4n) is 1.16. The van der Waals surface area contributed by atoms with Crippen molar-refractivity contribution in [2.24, 2.45) is 0 Å². The van der Waals surface area contributed by atoms with Crippen LogP contribution < -0.4 is 4.72 Å². The summed E-state index contributed by atoms with van der Waals surface area (Å²) >= 11 is 1.27. The van der Waals surface area contributed by atoms with Crippen LogP contribution in [0.15, 0.2) is 22.7 Å². The van der Waals surface area contributed by atoms with Gasteiger partial charge in [0.25, 0.3) is 10.0 Å². The highest BCUT2D eigenvalue weighted by molar-refractivity contribution is 7.92. The number of thiazole rings is 1. The fourth-order valence-corrected chi connectivity index (χ4v) is 3.20. The molecular weight excluding hydrogens is 260 g/mol. The summed E-state index contributed by atoms with van der Waals surface area (Å²) < 4.78 is 26.1. The Bertz CT molecular complexity index is 586. The maximum Gasteiger partial charge on any atom is 0.280 e. The normalized spacial score (nSPS) is 11.9. The molecule has 0 aromatic carbocycles. The molecule has 17 heavy (non-hydrogen) atoms. The van der Waals surface area contributed by atoms with E-state index in [2.05, 4.69) is 19.9 Å². The highest BCUT2D eigenvalue weighted by Crippen LogP contribution is 2.23. The molecule has 0 saturated heterocycles. The minimum absolute atomic E-state index is 0.0267. The molecule has 0 radical (unpaired) electrons. The van der Waals surface area contributed by atoms with Gasteiger partial charge in [-0.25, -0.2) is 4.98 Å².